The van der Waals surface area contributed by atoms with Crippen molar-refractivity contribution in [2.24, 2.45) is 0 Å². The SMILES string of the molecule is Cc1ssc(=S)c1-c1ccc(S(=O)(=O)O)cc1. The van der Waals surface area contributed by atoms with Gasteiger partial charge in [-0.15, -0.1) is 0 Å². The molecule has 3 nitrogen and oxygen atoms in total. The standard InChI is InChI=1S/C10H8O3S4/c1-6-9(10(14)16-15-6)7-2-4-8(5-3-7)17(11,12)13/h2-5H,1H3,(H,11,12,13). The summed E-state index contributed by atoms with van der Waals surface area (Å²) in [7, 11) is -1.000. The van der Waals surface area contributed by atoms with Crippen LogP contribution in [0.2, 0.25) is 0 Å². The predicted molar refractivity (Wildman–Crippen MR) is 73.0 cm³/mol. The molecule has 0 aliphatic rings. The molecule has 1 aromatic heterocycles. The van der Waals surface area contributed by atoms with E-state index in [2.05, 4.69) is 0 Å². The Morgan fingerprint density at radius 2 is 1.76 bits per heavy atom. The van der Waals surface area contributed by atoms with E-state index in [4.69, 9.17) is 16.8 Å². The van der Waals surface area contributed by atoms with Crippen LogP contribution in [0, 0.1) is 10.7 Å². The van der Waals surface area contributed by atoms with E-state index in [1.807, 2.05) is 6.92 Å². The van der Waals surface area contributed by atoms with Gasteiger partial charge < -0.3 is 0 Å². The smallest absolute Gasteiger partial charge is 0.282 e. The summed E-state index contributed by atoms with van der Waals surface area (Å²) in [4.78, 5) is 1.00. The van der Waals surface area contributed by atoms with Crippen LogP contribution in [0.15, 0.2) is 29.2 Å². The fraction of sp³-hybridized carbons (Fsp3) is 0.100. The minimum Gasteiger partial charge on any atom is -0.282 e. The average Bonchev–Trinajstić information content (AvgIpc) is 2.58. The van der Waals surface area contributed by atoms with Gasteiger partial charge >= 0.3 is 0 Å². The van der Waals surface area contributed by atoms with E-state index in [0.29, 0.717) is 0 Å². The van der Waals surface area contributed by atoms with Gasteiger partial charge in [0.05, 0.1) is 4.90 Å². The highest BCUT2D eigenvalue weighted by Gasteiger charge is 2.11. The van der Waals surface area contributed by atoms with Gasteiger partial charge in [-0.3, -0.25) is 4.55 Å². The minimum atomic E-state index is -4.13. The topological polar surface area (TPSA) is 54.4 Å². The van der Waals surface area contributed by atoms with Crippen molar-refractivity contribution in [3.63, 3.8) is 0 Å². The lowest BCUT2D eigenvalue weighted by atomic mass is 10.1. The molecular weight excluding hydrogens is 296 g/mol. The molecule has 0 atom stereocenters. The third-order valence-electron chi connectivity index (χ3n) is 2.24. The van der Waals surface area contributed by atoms with E-state index in [0.717, 1.165) is 19.8 Å². The van der Waals surface area contributed by atoms with Gasteiger partial charge in [-0.25, -0.2) is 0 Å². The molecule has 90 valence electrons. The van der Waals surface area contributed by atoms with E-state index in [-0.39, 0.29) is 4.90 Å². The molecule has 0 radical (unpaired) electrons. The van der Waals surface area contributed by atoms with E-state index >= 15 is 0 Å². The molecule has 0 spiro atoms. The van der Waals surface area contributed by atoms with Crippen LogP contribution in [0.5, 0.6) is 0 Å². The van der Waals surface area contributed by atoms with Crippen molar-refractivity contribution in [2.45, 2.75) is 11.8 Å². The van der Waals surface area contributed by atoms with Crippen LogP contribution in [0.1, 0.15) is 4.88 Å². The molecule has 17 heavy (non-hydrogen) atoms. The van der Waals surface area contributed by atoms with Gasteiger partial charge in [0.2, 0.25) is 0 Å². The first-order valence-corrected chi connectivity index (χ1v) is 8.57. The number of rotatable bonds is 2. The summed E-state index contributed by atoms with van der Waals surface area (Å²) in [6.45, 7) is 1.98. The van der Waals surface area contributed by atoms with Crippen molar-refractivity contribution in [1.82, 2.24) is 0 Å². The Labute approximate surface area is 112 Å². The molecule has 0 bridgehead atoms. The molecule has 7 heteroatoms. The monoisotopic (exact) mass is 304 g/mol. The quantitative estimate of drug-likeness (QED) is 0.521. The number of aryl methyl sites for hydroxylation is 1. The predicted octanol–water partition coefficient (Wildman–Crippen LogP) is 3.76. The van der Waals surface area contributed by atoms with E-state index < -0.39 is 10.1 Å². The molecule has 0 unspecified atom stereocenters. The Balaban J connectivity index is 2.54. The lowest BCUT2D eigenvalue weighted by Crippen LogP contribution is -1.97. The Kier molecular flexibility index (Phi) is 3.46. The lowest BCUT2D eigenvalue weighted by molar-refractivity contribution is 0.483. The molecule has 0 aliphatic carbocycles. The van der Waals surface area contributed by atoms with Crippen molar-refractivity contribution in [3.8, 4) is 11.1 Å². The maximum Gasteiger partial charge on any atom is 0.294 e. The zero-order valence-corrected chi connectivity index (χ0v) is 12.0. The zero-order chi connectivity index (χ0) is 12.6. The van der Waals surface area contributed by atoms with Crippen LogP contribution in [0.4, 0.5) is 0 Å². The summed E-state index contributed by atoms with van der Waals surface area (Å²) in [6, 6.07) is 6.06. The van der Waals surface area contributed by atoms with Crippen LogP contribution in [-0.2, 0) is 10.1 Å². The van der Waals surface area contributed by atoms with Crippen LogP contribution >= 0.6 is 32.9 Å². The van der Waals surface area contributed by atoms with Gasteiger partial charge in [-0.05, 0) is 24.6 Å². The lowest BCUT2D eigenvalue weighted by Gasteiger charge is -2.01. The first kappa shape index (κ1) is 12.8. The summed E-state index contributed by atoms with van der Waals surface area (Å²) >= 11 is 5.22. The summed E-state index contributed by atoms with van der Waals surface area (Å²) in [6.07, 6.45) is 0. The molecule has 2 rings (SSSR count). The number of hydrogen-bond donors (Lipinski definition) is 1. The van der Waals surface area contributed by atoms with Gasteiger partial charge in [-0.1, -0.05) is 45.0 Å². The highest BCUT2D eigenvalue weighted by molar-refractivity contribution is 7.85. The summed E-state index contributed by atoms with van der Waals surface area (Å²) < 4.78 is 31.5. The average molecular weight is 304 g/mol. The summed E-state index contributed by atoms with van der Waals surface area (Å²) in [5.41, 5.74) is 1.84. The number of benzene rings is 1. The number of hydrogen-bond acceptors (Lipinski definition) is 5. The molecule has 0 fully saturated rings. The second kappa shape index (κ2) is 4.58. The van der Waals surface area contributed by atoms with Gasteiger partial charge in [0.15, 0.2) is 0 Å². The van der Waals surface area contributed by atoms with E-state index in [1.54, 1.807) is 22.5 Å². The molecule has 0 amide bonds. The van der Waals surface area contributed by atoms with Gasteiger partial charge in [-0.2, -0.15) is 8.42 Å². The van der Waals surface area contributed by atoms with Crippen molar-refractivity contribution in [3.05, 3.63) is 33.0 Å². The van der Waals surface area contributed by atoms with Gasteiger partial charge in [0.25, 0.3) is 10.1 Å². The van der Waals surface area contributed by atoms with Crippen LogP contribution in [0.25, 0.3) is 11.1 Å². The molecule has 2 aromatic rings. The minimum absolute atomic E-state index is 0.108. The zero-order valence-electron chi connectivity index (χ0n) is 8.71. The van der Waals surface area contributed by atoms with Crippen molar-refractivity contribution in [2.75, 3.05) is 0 Å². The largest absolute Gasteiger partial charge is 0.294 e. The van der Waals surface area contributed by atoms with E-state index in [1.165, 1.54) is 22.5 Å². The second-order valence-corrected chi connectivity index (χ2v) is 7.83. The van der Waals surface area contributed by atoms with Crippen molar-refractivity contribution >= 4 is 43.0 Å². The Hall–Kier alpha value is -0.600. The highest BCUT2D eigenvalue weighted by atomic mass is 32.9. The fourth-order valence-corrected chi connectivity index (χ4v) is 4.59. The maximum absolute atomic E-state index is 10.9. The Morgan fingerprint density at radius 3 is 2.18 bits per heavy atom. The molecular formula is C10H8O3S4. The molecule has 0 saturated heterocycles. The molecule has 0 saturated carbocycles. The molecule has 0 aliphatic heterocycles. The molecule has 1 heterocycles. The van der Waals surface area contributed by atoms with Crippen LogP contribution in [0.3, 0.4) is 0 Å². The first-order valence-electron chi connectivity index (χ1n) is 4.57. The molecule has 1 aromatic carbocycles. The van der Waals surface area contributed by atoms with Crippen molar-refractivity contribution in [1.29, 1.82) is 0 Å². The third kappa shape index (κ3) is 2.63. The third-order valence-corrected chi connectivity index (χ3v) is 6.27. The second-order valence-electron chi connectivity index (χ2n) is 3.38. The maximum atomic E-state index is 10.9. The van der Waals surface area contributed by atoms with Gasteiger partial charge in [0.1, 0.15) is 3.82 Å². The summed E-state index contributed by atoms with van der Waals surface area (Å²) in [5, 5.41) is 0. The van der Waals surface area contributed by atoms with Gasteiger partial charge in [0, 0.05) is 10.4 Å². The molecule has 1 N–H and O–H groups in total. The fourth-order valence-electron chi connectivity index (χ4n) is 1.44. The Bertz CT molecular complexity index is 692. The van der Waals surface area contributed by atoms with Crippen molar-refractivity contribution < 1.29 is 13.0 Å². The summed E-state index contributed by atoms with van der Waals surface area (Å²) in [5.74, 6) is 0. The first-order chi connectivity index (χ1) is 7.89. The highest BCUT2D eigenvalue weighted by Crippen LogP contribution is 2.33. The Morgan fingerprint density at radius 1 is 1.18 bits per heavy atom. The normalized spacial score (nSPS) is 11.6. The van der Waals surface area contributed by atoms with Crippen LogP contribution < -0.4 is 0 Å². The van der Waals surface area contributed by atoms with E-state index in [9.17, 15) is 8.42 Å². The van der Waals surface area contributed by atoms with Crippen LogP contribution in [-0.4, -0.2) is 13.0 Å².